The fourth-order valence-electron chi connectivity index (χ4n) is 4.46. The van der Waals surface area contributed by atoms with Gasteiger partial charge in [-0.15, -0.1) is 11.7 Å². The lowest BCUT2D eigenvalue weighted by Gasteiger charge is -2.39. The maximum Gasteiger partial charge on any atom is 0.173 e. The number of methoxy groups -OCH3 is 2. The number of hydrogen-bond acceptors (Lipinski definition) is 8. The first-order valence-electron chi connectivity index (χ1n) is 10.9. The van der Waals surface area contributed by atoms with Gasteiger partial charge in [-0.25, -0.2) is 4.68 Å². The molecular formula is C22H32N6O3. The molecule has 31 heavy (non-hydrogen) atoms. The summed E-state index contributed by atoms with van der Waals surface area (Å²) in [6.07, 6.45) is 4.23. The lowest BCUT2D eigenvalue weighted by Crippen LogP contribution is -2.48. The molecule has 0 aliphatic carbocycles. The molecule has 2 atom stereocenters. The van der Waals surface area contributed by atoms with Crippen LogP contribution in [0, 0.1) is 0 Å². The Morgan fingerprint density at radius 3 is 2.74 bits per heavy atom. The van der Waals surface area contributed by atoms with Gasteiger partial charge in [-0.2, -0.15) is 0 Å². The van der Waals surface area contributed by atoms with Crippen LogP contribution in [0.3, 0.4) is 0 Å². The second kappa shape index (κ2) is 10.2. The number of aromatic nitrogens is 4. The standard InChI is InChI=1S/C22H32N6O3/c1-4-9-26-10-12-27(13-11-26)21(19-15-17(29-2)7-8-20(19)30-3)22-23-24-25-28(22)16-18-6-5-14-31-18/h4,7-8,15,18,21H,1,5-6,9-14,16H2,2-3H3/t18-,21-/m0/s1. The molecule has 168 valence electrons. The van der Waals surface area contributed by atoms with Gasteiger partial charge in [0.25, 0.3) is 0 Å². The van der Waals surface area contributed by atoms with E-state index in [0.29, 0.717) is 6.54 Å². The molecule has 0 saturated carbocycles. The zero-order valence-corrected chi connectivity index (χ0v) is 18.4. The molecule has 2 fully saturated rings. The molecule has 1 aromatic heterocycles. The molecule has 2 saturated heterocycles. The molecule has 2 aliphatic heterocycles. The number of rotatable bonds is 9. The van der Waals surface area contributed by atoms with E-state index < -0.39 is 0 Å². The van der Waals surface area contributed by atoms with Gasteiger partial charge in [0.1, 0.15) is 17.5 Å². The van der Waals surface area contributed by atoms with Gasteiger partial charge >= 0.3 is 0 Å². The maximum atomic E-state index is 5.84. The first-order valence-corrected chi connectivity index (χ1v) is 10.9. The molecule has 2 aliphatic rings. The molecule has 0 amide bonds. The lowest BCUT2D eigenvalue weighted by molar-refractivity contribution is 0.0865. The number of hydrogen-bond donors (Lipinski definition) is 0. The molecule has 0 unspecified atom stereocenters. The summed E-state index contributed by atoms with van der Waals surface area (Å²) in [5, 5.41) is 12.8. The number of piperazine rings is 1. The number of tetrazole rings is 1. The largest absolute Gasteiger partial charge is 0.497 e. The van der Waals surface area contributed by atoms with Crippen molar-refractivity contribution in [3.8, 4) is 11.5 Å². The topological polar surface area (TPSA) is 77.8 Å². The molecule has 1 aromatic carbocycles. The van der Waals surface area contributed by atoms with E-state index in [4.69, 9.17) is 14.2 Å². The summed E-state index contributed by atoms with van der Waals surface area (Å²) >= 11 is 0. The number of ether oxygens (including phenoxy) is 3. The average Bonchev–Trinajstić information content (AvgIpc) is 3.48. The van der Waals surface area contributed by atoms with Crippen molar-refractivity contribution in [2.24, 2.45) is 0 Å². The van der Waals surface area contributed by atoms with E-state index in [0.717, 1.165) is 75.1 Å². The minimum atomic E-state index is -0.146. The van der Waals surface area contributed by atoms with E-state index in [-0.39, 0.29) is 12.1 Å². The van der Waals surface area contributed by atoms with Crippen LogP contribution in [0.4, 0.5) is 0 Å². The molecule has 0 N–H and O–H groups in total. The van der Waals surface area contributed by atoms with Crippen molar-refractivity contribution in [1.82, 2.24) is 30.0 Å². The van der Waals surface area contributed by atoms with Crippen LogP contribution in [-0.4, -0.2) is 89.7 Å². The molecule has 9 nitrogen and oxygen atoms in total. The van der Waals surface area contributed by atoms with Crippen molar-refractivity contribution >= 4 is 0 Å². The van der Waals surface area contributed by atoms with E-state index in [1.54, 1.807) is 14.2 Å². The summed E-state index contributed by atoms with van der Waals surface area (Å²) in [5.41, 5.74) is 1.00. The fraction of sp³-hybridized carbons (Fsp3) is 0.591. The minimum absolute atomic E-state index is 0.146. The summed E-state index contributed by atoms with van der Waals surface area (Å²) in [7, 11) is 3.37. The van der Waals surface area contributed by atoms with E-state index in [1.807, 2.05) is 29.0 Å². The van der Waals surface area contributed by atoms with E-state index in [9.17, 15) is 0 Å². The van der Waals surface area contributed by atoms with Gasteiger partial charge in [0.05, 0.1) is 26.9 Å². The monoisotopic (exact) mass is 428 g/mol. The van der Waals surface area contributed by atoms with Crippen LogP contribution in [0.1, 0.15) is 30.3 Å². The molecular weight excluding hydrogens is 396 g/mol. The van der Waals surface area contributed by atoms with Gasteiger partial charge in [-0.05, 0) is 41.5 Å². The molecule has 0 spiro atoms. The van der Waals surface area contributed by atoms with Crippen molar-refractivity contribution in [3.63, 3.8) is 0 Å². The zero-order valence-electron chi connectivity index (χ0n) is 18.4. The Kier molecular flexibility index (Phi) is 7.16. The van der Waals surface area contributed by atoms with Gasteiger partial charge in [0.15, 0.2) is 5.82 Å². The summed E-state index contributed by atoms with van der Waals surface area (Å²) < 4.78 is 19.0. The van der Waals surface area contributed by atoms with Crippen LogP contribution >= 0.6 is 0 Å². The molecule has 9 heteroatoms. The van der Waals surface area contributed by atoms with Crippen molar-refractivity contribution in [2.75, 3.05) is 53.6 Å². The molecule has 0 radical (unpaired) electrons. The Morgan fingerprint density at radius 2 is 2.06 bits per heavy atom. The number of nitrogens with zero attached hydrogens (tertiary/aromatic N) is 6. The minimum Gasteiger partial charge on any atom is -0.497 e. The predicted octanol–water partition coefficient (Wildman–Crippen LogP) is 1.76. The highest BCUT2D eigenvalue weighted by molar-refractivity contribution is 5.44. The third-order valence-electron chi connectivity index (χ3n) is 6.10. The van der Waals surface area contributed by atoms with Crippen molar-refractivity contribution in [3.05, 3.63) is 42.2 Å². The van der Waals surface area contributed by atoms with Crippen LogP contribution in [0.2, 0.25) is 0 Å². The van der Waals surface area contributed by atoms with Crippen LogP contribution in [0.5, 0.6) is 11.5 Å². The first-order chi connectivity index (χ1) is 15.2. The highest BCUT2D eigenvalue weighted by atomic mass is 16.5. The normalized spacial score (nSPS) is 21.2. The molecule has 0 bridgehead atoms. The second-order valence-electron chi connectivity index (χ2n) is 7.99. The van der Waals surface area contributed by atoms with Crippen LogP contribution in [-0.2, 0) is 11.3 Å². The highest BCUT2D eigenvalue weighted by Gasteiger charge is 2.33. The van der Waals surface area contributed by atoms with Crippen LogP contribution in [0.15, 0.2) is 30.9 Å². The first kappa shape index (κ1) is 21.7. The van der Waals surface area contributed by atoms with Gasteiger partial charge in [0, 0.05) is 44.9 Å². The Labute approximate surface area is 183 Å². The summed E-state index contributed by atoms with van der Waals surface area (Å²) in [5.74, 6) is 2.38. The fourth-order valence-corrected chi connectivity index (χ4v) is 4.46. The second-order valence-corrected chi connectivity index (χ2v) is 7.99. The van der Waals surface area contributed by atoms with Crippen molar-refractivity contribution in [1.29, 1.82) is 0 Å². The summed E-state index contributed by atoms with van der Waals surface area (Å²) in [6, 6.07) is 5.75. The van der Waals surface area contributed by atoms with Gasteiger partial charge in [-0.3, -0.25) is 9.80 Å². The molecule has 2 aromatic rings. The SMILES string of the molecule is C=CCN1CCN([C@@H](c2cc(OC)ccc2OC)c2nnnn2C[C@@H]2CCCO2)CC1. The average molecular weight is 429 g/mol. The Balaban J connectivity index is 1.69. The molecule has 3 heterocycles. The smallest absolute Gasteiger partial charge is 0.173 e. The van der Waals surface area contributed by atoms with E-state index >= 15 is 0 Å². The van der Waals surface area contributed by atoms with Crippen LogP contribution in [0.25, 0.3) is 0 Å². The third-order valence-corrected chi connectivity index (χ3v) is 6.10. The Morgan fingerprint density at radius 1 is 1.23 bits per heavy atom. The van der Waals surface area contributed by atoms with Gasteiger partial charge < -0.3 is 14.2 Å². The predicted molar refractivity (Wildman–Crippen MR) is 116 cm³/mol. The molecule has 4 rings (SSSR count). The summed E-state index contributed by atoms with van der Waals surface area (Å²) in [6.45, 7) is 9.94. The maximum absolute atomic E-state index is 5.84. The lowest BCUT2D eigenvalue weighted by atomic mass is 10.0. The van der Waals surface area contributed by atoms with Gasteiger partial charge in [-0.1, -0.05) is 6.08 Å². The van der Waals surface area contributed by atoms with Crippen molar-refractivity contribution in [2.45, 2.75) is 31.5 Å². The highest BCUT2D eigenvalue weighted by Crippen LogP contribution is 2.37. The zero-order chi connectivity index (χ0) is 21.6. The third kappa shape index (κ3) is 4.89. The Hall–Kier alpha value is -2.49. The number of benzene rings is 1. The van der Waals surface area contributed by atoms with Gasteiger partial charge in [0.2, 0.25) is 0 Å². The summed E-state index contributed by atoms with van der Waals surface area (Å²) in [4.78, 5) is 4.83. The van der Waals surface area contributed by atoms with Crippen LogP contribution < -0.4 is 9.47 Å². The Bertz CT molecular complexity index is 859. The van der Waals surface area contributed by atoms with E-state index in [2.05, 4.69) is 31.9 Å². The van der Waals surface area contributed by atoms with E-state index in [1.165, 1.54) is 0 Å². The quantitative estimate of drug-likeness (QED) is 0.559. The van der Waals surface area contributed by atoms with Crippen molar-refractivity contribution < 1.29 is 14.2 Å².